The number of non-ortho nitro benzene ring substituents is 1. The SMILES string of the molecule is Cc1occc1SCC(=O)c1ccc([N+](=O)[O-])cc1. The minimum absolute atomic E-state index is 0.0186. The minimum atomic E-state index is -0.488. The number of hydrogen-bond acceptors (Lipinski definition) is 5. The Bertz CT molecular complexity index is 603. The second-order valence-corrected chi connectivity index (χ2v) is 4.87. The summed E-state index contributed by atoms with van der Waals surface area (Å²) in [5.41, 5.74) is 0.453. The van der Waals surface area contributed by atoms with Crippen LogP contribution in [-0.4, -0.2) is 16.5 Å². The highest BCUT2D eigenvalue weighted by Crippen LogP contribution is 2.24. The standard InChI is InChI=1S/C13H11NO4S/c1-9-13(6-7-18-9)19-8-12(15)10-2-4-11(5-3-10)14(16)17/h2-7H,8H2,1H3. The molecule has 0 aliphatic carbocycles. The number of Topliss-reactive ketones (excluding diaryl/α,β-unsaturated/α-hetero) is 1. The Morgan fingerprint density at radius 2 is 2.00 bits per heavy atom. The van der Waals surface area contributed by atoms with Crippen LogP contribution in [0.1, 0.15) is 16.1 Å². The van der Waals surface area contributed by atoms with Crippen molar-refractivity contribution in [2.45, 2.75) is 11.8 Å². The molecule has 0 N–H and O–H groups in total. The van der Waals surface area contributed by atoms with Crippen LogP contribution in [0.5, 0.6) is 0 Å². The molecule has 0 aliphatic heterocycles. The largest absolute Gasteiger partial charge is 0.468 e. The summed E-state index contributed by atoms with van der Waals surface area (Å²) >= 11 is 1.39. The lowest BCUT2D eigenvalue weighted by Gasteiger charge is -2.00. The molecular weight excluding hydrogens is 266 g/mol. The van der Waals surface area contributed by atoms with Gasteiger partial charge in [-0.15, -0.1) is 11.8 Å². The molecule has 1 aromatic heterocycles. The summed E-state index contributed by atoms with van der Waals surface area (Å²) in [4.78, 5) is 22.9. The van der Waals surface area contributed by atoms with Crippen LogP contribution in [0.4, 0.5) is 5.69 Å². The van der Waals surface area contributed by atoms with Gasteiger partial charge in [-0.1, -0.05) is 0 Å². The third-order valence-electron chi connectivity index (χ3n) is 2.57. The molecule has 0 bridgehead atoms. The van der Waals surface area contributed by atoms with E-state index in [0.29, 0.717) is 5.56 Å². The number of furan rings is 1. The van der Waals surface area contributed by atoms with Crippen LogP contribution in [0.3, 0.4) is 0 Å². The average molecular weight is 277 g/mol. The van der Waals surface area contributed by atoms with Gasteiger partial charge in [0.25, 0.3) is 5.69 Å². The van der Waals surface area contributed by atoms with Crippen LogP contribution in [0.15, 0.2) is 45.9 Å². The lowest BCUT2D eigenvalue weighted by Crippen LogP contribution is -2.02. The van der Waals surface area contributed by atoms with Crippen LogP contribution < -0.4 is 0 Å². The highest BCUT2D eigenvalue weighted by molar-refractivity contribution is 8.00. The monoisotopic (exact) mass is 277 g/mol. The maximum Gasteiger partial charge on any atom is 0.269 e. The number of nitro benzene ring substituents is 1. The number of ketones is 1. The van der Waals surface area contributed by atoms with Crippen LogP contribution in [0.2, 0.25) is 0 Å². The van der Waals surface area contributed by atoms with E-state index in [1.54, 1.807) is 6.26 Å². The molecule has 0 saturated heterocycles. The molecule has 1 heterocycles. The molecule has 0 spiro atoms. The predicted molar refractivity (Wildman–Crippen MR) is 71.6 cm³/mol. The molecule has 0 fully saturated rings. The average Bonchev–Trinajstić information content (AvgIpc) is 2.81. The van der Waals surface area contributed by atoms with Crippen LogP contribution in [0.25, 0.3) is 0 Å². The molecule has 0 aliphatic rings. The zero-order valence-corrected chi connectivity index (χ0v) is 11.0. The number of carbonyl (C=O) groups is 1. The number of benzene rings is 1. The van der Waals surface area contributed by atoms with E-state index in [1.807, 2.05) is 13.0 Å². The molecular formula is C13H11NO4S. The number of thioether (sulfide) groups is 1. The summed E-state index contributed by atoms with van der Waals surface area (Å²) < 4.78 is 5.14. The van der Waals surface area contributed by atoms with Gasteiger partial charge in [0, 0.05) is 22.6 Å². The van der Waals surface area contributed by atoms with Crippen molar-refractivity contribution in [1.82, 2.24) is 0 Å². The van der Waals surface area contributed by atoms with Crippen molar-refractivity contribution in [3.05, 3.63) is 58.0 Å². The van der Waals surface area contributed by atoms with Gasteiger partial charge in [0.15, 0.2) is 5.78 Å². The van der Waals surface area contributed by atoms with Gasteiger partial charge in [-0.3, -0.25) is 14.9 Å². The van der Waals surface area contributed by atoms with Gasteiger partial charge in [-0.05, 0) is 25.1 Å². The van der Waals surface area contributed by atoms with E-state index in [-0.39, 0.29) is 17.2 Å². The van der Waals surface area contributed by atoms with Crippen molar-refractivity contribution in [3.63, 3.8) is 0 Å². The van der Waals surface area contributed by atoms with Crippen molar-refractivity contribution in [2.24, 2.45) is 0 Å². The van der Waals surface area contributed by atoms with Crippen molar-refractivity contribution in [2.75, 3.05) is 5.75 Å². The molecule has 0 amide bonds. The van der Waals surface area contributed by atoms with Gasteiger partial charge >= 0.3 is 0 Å². The highest BCUT2D eigenvalue weighted by atomic mass is 32.2. The number of carbonyl (C=O) groups excluding carboxylic acids is 1. The van der Waals surface area contributed by atoms with Gasteiger partial charge in [0.2, 0.25) is 0 Å². The first kappa shape index (κ1) is 13.4. The second kappa shape index (κ2) is 5.71. The normalized spacial score (nSPS) is 10.4. The summed E-state index contributed by atoms with van der Waals surface area (Å²) in [6.07, 6.45) is 1.58. The fourth-order valence-corrected chi connectivity index (χ4v) is 2.38. The lowest BCUT2D eigenvalue weighted by atomic mass is 10.1. The van der Waals surface area contributed by atoms with Crippen LogP contribution in [0, 0.1) is 17.0 Å². The van der Waals surface area contributed by atoms with E-state index in [4.69, 9.17) is 4.42 Å². The Labute approximate surface area is 113 Å². The van der Waals surface area contributed by atoms with Crippen LogP contribution in [-0.2, 0) is 0 Å². The number of nitro groups is 1. The number of hydrogen-bond donors (Lipinski definition) is 0. The Balaban J connectivity index is 2.00. The van der Waals surface area contributed by atoms with E-state index in [0.717, 1.165) is 10.7 Å². The molecule has 2 rings (SSSR count). The van der Waals surface area contributed by atoms with Crippen LogP contribution >= 0.6 is 11.8 Å². The fourth-order valence-electron chi connectivity index (χ4n) is 1.52. The topological polar surface area (TPSA) is 73.3 Å². The first-order chi connectivity index (χ1) is 9.08. The minimum Gasteiger partial charge on any atom is -0.468 e. The van der Waals surface area contributed by atoms with Gasteiger partial charge in [0.05, 0.1) is 16.9 Å². The van der Waals surface area contributed by atoms with E-state index < -0.39 is 4.92 Å². The van der Waals surface area contributed by atoms with E-state index in [2.05, 4.69) is 0 Å². The van der Waals surface area contributed by atoms with Gasteiger partial charge < -0.3 is 4.42 Å². The first-order valence-corrected chi connectivity index (χ1v) is 6.51. The number of rotatable bonds is 5. The maximum absolute atomic E-state index is 11.9. The molecule has 5 nitrogen and oxygen atoms in total. The highest BCUT2D eigenvalue weighted by Gasteiger charge is 2.11. The molecule has 2 aromatic rings. The Morgan fingerprint density at radius 1 is 1.32 bits per heavy atom. The number of aryl methyl sites for hydroxylation is 1. The summed E-state index contributed by atoms with van der Waals surface area (Å²) in [7, 11) is 0. The Kier molecular flexibility index (Phi) is 4.01. The molecule has 0 radical (unpaired) electrons. The van der Waals surface area contributed by atoms with Crippen molar-refractivity contribution in [1.29, 1.82) is 0 Å². The molecule has 19 heavy (non-hydrogen) atoms. The Morgan fingerprint density at radius 3 is 2.53 bits per heavy atom. The van der Waals surface area contributed by atoms with Gasteiger partial charge in [-0.25, -0.2) is 0 Å². The molecule has 1 aromatic carbocycles. The van der Waals surface area contributed by atoms with Gasteiger partial charge in [-0.2, -0.15) is 0 Å². The third kappa shape index (κ3) is 3.23. The van der Waals surface area contributed by atoms with Crippen molar-refractivity contribution >= 4 is 23.2 Å². The second-order valence-electron chi connectivity index (χ2n) is 3.86. The molecule has 98 valence electrons. The third-order valence-corrected chi connectivity index (χ3v) is 3.71. The summed E-state index contributed by atoms with van der Waals surface area (Å²) in [6.45, 7) is 1.83. The quantitative estimate of drug-likeness (QED) is 0.362. The fraction of sp³-hybridized carbons (Fsp3) is 0.154. The predicted octanol–water partition coefficient (Wildman–Crippen LogP) is 3.47. The zero-order chi connectivity index (χ0) is 13.8. The van der Waals surface area contributed by atoms with E-state index in [1.165, 1.54) is 36.0 Å². The first-order valence-electron chi connectivity index (χ1n) is 5.52. The summed E-state index contributed by atoms with van der Waals surface area (Å²) in [5, 5.41) is 10.5. The zero-order valence-electron chi connectivity index (χ0n) is 10.2. The van der Waals surface area contributed by atoms with E-state index >= 15 is 0 Å². The summed E-state index contributed by atoms with van der Waals surface area (Å²) in [5.74, 6) is 0.986. The van der Waals surface area contributed by atoms with Crippen molar-refractivity contribution in [3.8, 4) is 0 Å². The Hall–Kier alpha value is -2.08. The smallest absolute Gasteiger partial charge is 0.269 e. The molecule has 0 unspecified atom stereocenters. The number of nitrogens with zero attached hydrogens (tertiary/aromatic N) is 1. The van der Waals surface area contributed by atoms with E-state index in [9.17, 15) is 14.9 Å². The lowest BCUT2D eigenvalue weighted by molar-refractivity contribution is -0.384. The maximum atomic E-state index is 11.9. The van der Waals surface area contributed by atoms with Gasteiger partial charge in [0.1, 0.15) is 5.76 Å². The molecule has 0 atom stereocenters. The molecule has 6 heteroatoms. The molecule has 0 saturated carbocycles. The van der Waals surface area contributed by atoms with Crippen molar-refractivity contribution < 1.29 is 14.1 Å². The summed E-state index contributed by atoms with van der Waals surface area (Å²) in [6, 6.07) is 7.43.